The lowest BCUT2D eigenvalue weighted by Gasteiger charge is -2.25. The number of methoxy groups -OCH3 is 1. The van der Waals surface area contributed by atoms with Crippen molar-refractivity contribution >= 4 is 21.7 Å². The molecule has 1 amide bonds. The summed E-state index contributed by atoms with van der Waals surface area (Å²) in [6.45, 7) is 1.12. The summed E-state index contributed by atoms with van der Waals surface area (Å²) in [5, 5.41) is 0. The van der Waals surface area contributed by atoms with Crippen LogP contribution in [0, 0.1) is 0 Å². The molecule has 1 fully saturated rings. The molecule has 1 heterocycles. The first kappa shape index (κ1) is 13.0. The molecule has 0 aromatic rings. The Bertz CT molecular complexity index is 389. The van der Waals surface area contributed by atoms with Crippen molar-refractivity contribution in [1.82, 2.24) is 4.90 Å². The summed E-state index contributed by atoms with van der Waals surface area (Å²) in [6.07, 6.45) is 0.388. The molecule has 0 saturated carbocycles. The molecule has 1 aliphatic heterocycles. The Hall–Kier alpha value is -1.11. The predicted octanol–water partition coefficient (Wildman–Crippen LogP) is -0.805. The highest BCUT2D eigenvalue weighted by molar-refractivity contribution is 7.91. The van der Waals surface area contributed by atoms with Gasteiger partial charge in [0.05, 0.1) is 18.6 Å². The Kier molecular flexibility index (Phi) is 3.90. The van der Waals surface area contributed by atoms with Crippen LogP contribution in [0.3, 0.4) is 0 Å². The minimum atomic E-state index is -3.06. The summed E-state index contributed by atoms with van der Waals surface area (Å²) >= 11 is 0. The molecule has 92 valence electrons. The van der Waals surface area contributed by atoms with Gasteiger partial charge in [0.25, 0.3) is 0 Å². The zero-order chi connectivity index (χ0) is 12.3. The van der Waals surface area contributed by atoms with Crippen LogP contribution in [-0.2, 0) is 24.2 Å². The Balaban J connectivity index is 2.72. The Labute approximate surface area is 94.5 Å². The number of rotatable bonds is 3. The van der Waals surface area contributed by atoms with Crippen molar-refractivity contribution in [2.75, 3.05) is 25.2 Å². The first-order chi connectivity index (χ1) is 7.35. The highest BCUT2D eigenvalue weighted by Gasteiger charge is 2.34. The van der Waals surface area contributed by atoms with Gasteiger partial charge in [0, 0.05) is 13.0 Å². The summed E-state index contributed by atoms with van der Waals surface area (Å²) in [5.41, 5.74) is 0. The first-order valence-electron chi connectivity index (χ1n) is 4.90. The second-order valence-corrected chi connectivity index (χ2v) is 6.01. The number of ether oxygens (including phenoxy) is 1. The molecule has 1 rings (SSSR count). The Morgan fingerprint density at radius 1 is 1.44 bits per heavy atom. The largest absolute Gasteiger partial charge is 0.468 e. The molecule has 16 heavy (non-hydrogen) atoms. The molecule has 1 aliphatic rings. The van der Waals surface area contributed by atoms with Crippen LogP contribution in [0.25, 0.3) is 0 Å². The number of esters is 1. The average molecular weight is 249 g/mol. The molecular formula is C9H15NO5S. The maximum Gasteiger partial charge on any atom is 0.325 e. The van der Waals surface area contributed by atoms with Crippen LogP contribution in [0.15, 0.2) is 0 Å². The third-order valence-corrected chi connectivity index (χ3v) is 4.33. The van der Waals surface area contributed by atoms with Crippen LogP contribution in [0.4, 0.5) is 0 Å². The van der Waals surface area contributed by atoms with Gasteiger partial charge in [0.2, 0.25) is 5.91 Å². The van der Waals surface area contributed by atoms with Crippen LogP contribution >= 0.6 is 0 Å². The molecule has 0 spiro atoms. The van der Waals surface area contributed by atoms with Crippen molar-refractivity contribution < 1.29 is 22.7 Å². The number of carbonyl (C=O) groups is 2. The van der Waals surface area contributed by atoms with Gasteiger partial charge in [-0.25, -0.2) is 8.42 Å². The fraction of sp³-hybridized carbons (Fsp3) is 0.778. The molecule has 0 unspecified atom stereocenters. The van der Waals surface area contributed by atoms with Crippen molar-refractivity contribution in [2.45, 2.75) is 19.4 Å². The van der Waals surface area contributed by atoms with Gasteiger partial charge in [-0.1, -0.05) is 0 Å². The number of hydrogen-bond donors (Lipinski definition) is 0. The summed E-state index contributed by atoms with van der Waals surface area (Å²) in [5.74, 6) is -0.848. The van der Waals surface area contributed by atoms with Gasteiger partial charge < -0.3 is 9.64 Å². The van der Waals surface area contributed by atoms with E-state index in [1.165, 1.54) is 18.9 Å². The van der Waals surface area contributed by atoms with Crippen LogP contribution in [0.1, 0.15) is 13.3 Å². The SMILES string of the molecule is COC(=O)CN(C(C)=O)[C@@H]1CCS(=O)(=O)C1. The van der Waals surface area contributed by atoms with Crippen LogP contribution in [-0.4, -0.2) is 56.4 Å². The molecule has 0 aliphatic carbocycles. The molecule has 0 N–H and O–H groups in total. The van der Waals surface area contributed by atoms with Gasteiger partial charge in [-0.3, -0.25) is 9.59 Å². The number of amides is 1. The summed E-state index contributed by atoms with van der Waals surface area (Å²) < 4.78 is 27.0. The lowest BCUT2D eigenvalue weighted by Crippen LogP contribution is -2.43. The zero-order valence-corrected chi connectivity index (χ0v) is 10.1. The molecule has 0 aromatic carbocycles. The minimum Gasteiger partial charge on any atom is -0.468 e. The highest BCUT2D eigenvalue weighted by atomic mass is 32.2. The minimum absolute atomic E-state index is 0.0659. The van der Waals surface area contributed by atoms with Gasteiger partial charge in [0.15, 0.2) is 9.84 Å². The zero-order valence-electron chi connectivity index (χ0n) is 9.30. The second kappa shape index (κ2) is 4.82. The first-order valence-corrected chi connectivity index (χ1v) is 6.72. The molecule has 7 heteroatoms. The van der Waals surface area contributed by atoms with E-state index in [0.29, 0.717) is 6.42 Å². The maximum absolute atomic E-state index is 11.3. The van der Waals surface area contributed by atoms with E-state index in [4.69, 9.17) is 0 Å². The van der Waals surface area contributed by atoms with E-state index in [1.54, 1.807) is 0 Å². The quantitative estimate of drug-likeness (QED) is 0.611. The van der Waals surface area contributed by atoms with Crippen molar-refractivity contribution in [3.05, 3.63) is 0 Å². The van der Waals surface area contributed by atoms with E-state index in [-0.39, 0.29) is 24.0 Å². The lowest BCUT2D eigenvalue weighted by molar-refractivity contribution is -0.147. The predicted molar refractivity (Wildman–Crippen MR) is 56.5 cm³/mol. The van der Waals surface area contributed by atoms with Crippen molar-refractivity contribution in [1.29, 1.82) is 0 Å². The van der Waals surface area contributed by atoms with E-state index in [2.05, 4.69) is 4.74 Å². The standard InChI is InChI=1S/C9H15NO5S/c1-7(11)10(5-9(12)15-2)8-3-4-16(13,14)6-8/h8H,3-6H2,1-2H3/t8-/m1/s1. The summed E-state index contributed by atoms with van der Waals surface area (Å²) in [4.78, 5) is 23.7. The number of sulfone groups is 1. The van der Waals surface area contributed by atoms with Gasteiger partial charge in [-0.15, -0.1) is 0 Å². The molecule has 0 bridgehead atoms. The van der Waals surface area contributed by atoms with Crippen molar-refractivity contribution in [3.63, 3.8) is 0 Å². The van der Waals surface area contributed by atoms with Gasteiger partial charge in [-0.05, 0) is 6.42 Å². The molecule has 1 saturated heterocycles. The van der Waals surface area contributed by atoms with Gasteiger partial charge in [-0.2, -0.15) is 0 Å². The van der Waals surface area contributed by atoms with E-state index in [0.717, 1.165) is 0 Å². The number of hydrogen-bond acceptors (Lipinski definition) is 5. The van der Waals surface area contributed by atoms with E-state index in [1.807, 2.05) is 0 Å². The van der Waals surface area contributed by atoms with Crippen molar-refractivity contribution in [2.24, 2.45) is 0 Å². The lowest BCUT2D eigenvalue weighted by atomic mass is 10.2. The molecule has 0 aromatic heterocycles. The molecule has 1 atom stereocenters. The highest BCUT2D eigenvalue weighted by Crippen LogP contribution is 2.17. The van der Waals surface area contributed by atoms with Gasteiger partial charge in [0.1, 0.15) is 6.54 Å². The molecule has 0 radical (unpaired) electrons. The van der Waals surface area contributed by atoms with Crippen LogP contribution in [0.2, 0.25) is 0 Å². The number of nitrogens with zero attached hydrogens (tertiary/aromatic N) is 1. The third-order valence-electron chi connectivity index (χ3n) is 2.58. The smallest absolute Gasteiger partial charge is 0.325 e. The fourth-order valence-electron chi connectivity index (χ4n) is 1.72. The Morgan fingerprint density at radius 2 is 2.06 bits per heavy atom. The monoisotopic (exact) mass is 249 g/mol. The normalized spacial score (nSPS) is 22.8. The number of carbonyl (C=O) groups excluding carboxylic acids is 2. The maximum atomic E-state index is 11.3. The topological polar surface area (TPSA) is 80.8 Å². The average Bonchev–Trinajstić information content (AvgIpc) is 2.54. The van der Waals surface area contributed by atoms with E-state index in [9.17, 15) is 18.0 Å². The second-order valence-electron chi connectivity index (χ2n) is 3.78. The third kappa shape index (κ3) is 3.19. The van der Waals surface area contributed by atoms with Crippen molar-refractivity contribution in [3.8, 4) is 0 Å². The van der Waals surface area contributed by atoms with E-state index >= 15 is 0 Å². The fourth-order valence-corrected chi connectivity index (χ4v) is 3.45. The molecule has 6 nitrogen and oxygen atoms in total. The Morgan fingerprint density at radius 3 is 2.44 bits per heavy atom. The summed E-state index contributed by atoms with van der Waals surface area (Å²) in [6, 6.07) is -0.401. The van der Waals surface area contributed by atoms with Crippen LogP contribution < -0.4 is 0 Å². The van der Waals surface area contributed by atoms with Gasteiger partial charge >= 0.3 is 5.97 Å². The van der Waals surface area contributed by atoms with Crippen LogP contribution in [0.5, 0.6) is 0 Å². The van der Waals surface area contributed by atoms with E-state index < -0.39 is 21.8 Å². The molecular weight excluding hydrogens is 234 g/mol. The summed E-state index contributed by atoms with van der Waals surface area (Å²) in [7, 11) is -1.83.